The quantitative estimate of drug-likeness (QED) is 0.409. The first-order chi connectivity index (χ1) is 14.9. The fourth-order valence-electron chi connectivity index (χ4n) is 4.62. The molecule has 1 aliphatic heterocycles. The second-order valence-corrected chi connectivity index (χ2v) is 10.5. The van der Waals surface area contributed by atoms with E-state index in [0.29, 0.717) is 22.8 Å². The van der Waals surface area contributed by atoms with Gasteiger partial charge in [0.15, 0.2) is 0 Å². The topological polar surface area (TPSA) is 76.0 Å². The Hall–Kier alpha value is -1.50. The van der Waals surface area contributed by atoms with Crippen LogP contribution in [0, 0.1) is 11.8 Å². The zero-order chi connectivity index (χ0) is 22.2. The number of benzene rings is 1. The Balaban J connectivity index is 1.41. The summed E-state index contributed by atoms with van der Waals surface area (Å²) in [6, 6.07) is 9.46. The first-order valence-corrected chi connectivity index (χ1v) is 12.4. The highest BCUT2D eigenvalue weighted by Gasteiger charge is 2.44. The minimum Gasteiger partial charge on any atom is -0.491 e. The van der Waals surface area contributed by atoms with Gasteiger partial charge in [-0.15, -0.1) is 0 Å². The lowest BCUT2D eigenvalue weighted by atomic mass is 9.88. The van der Waals surface area contributed by atoms with Crippen molar-refractivity contribution in [2.45, 2.75) is 81.2 Å². The zero-order valence-corrected chi connectivity index (χ0v) is 19.4. The molecule has 172 valence electrons. The molecule has 0 spiro atoms. The van der Waals surface area contributed by atoms with Crippen LogP contribution >= 0.6 is 11.8 Å². The average molecular weight is 449 g/mol. The summed E-state index contributed by atoms with van der Waals surface area (Å²) < 4.78 is 10.8. The number of ether oxygens (including phenoxy) is 2. The van der Waals surface area contributed by atoms with Crippen LogP contribution in [0.2, 0.25) is 0 Å². The molecular formula is C25H36O5S. The maximum atomic E-state index is 11.7. The van der Waals surface area contributed by atoms with Crippen LogP contribution < -0.4 is 4.74 Å². The van der Waals surface area contributed by atoms with E-state index in [1.807, 2.05) is 62.0 Å². The lowest BCUT2D eigenvalue weighted by Crippen LogP contribution is -2.27. The Labute approximate surface area is 190 Å². The van der Waals surface area contributed by atoms with Crippen molar-refractivity contribution in [3.8, 4) is 5.75 Å². The van der Waals surface area contributed by atoms with Crippen LogP contribution in [-0.2, 0) is 9.53 Å². The van der Waals surface area contributed by atoms with E-state index < -0.39 is 6.10 Å². The number of carbonyl (C=O) groups is 1. The highest BCUT2D eigenvalue weighted by molar-refractivity contribution is 8.00. The number of fused-ring (bicyclic) bond motifs is 1. The van der Waals surface area contributed by atoms with Gasteiger partial charge in [0.1, 0.15) is 18.5 Å². The number of aliphatic hydroxyl groups excluding tert-OH is 2. The minimum atomic E-state index is -0.693. The molecule has 2 fully saturated rings. The normalized spacial score (nSPS) is 29.1. The molecule has 1 aromatic rings. The Morgan fingerprint density at radius 3 is 2.77 bits per heavy atom. The van der Waals surface area contributed by atoms with Gasteiger partial charge in [0.2, 0.25) is 0 Å². The third-order valence-electron chi connectivity index (χ3n) is 6.07. The monoisotopic (exact) mass is 448 g/mol. The van der Waals surface area contributed by atoms with E-state index in [-0.39, 0.29) is 30.7 Å². The molecule has 0 aromatic heterocycles. The van der Waals surface area contributed by atoms with E-state index in [2.05, 4.69) is 0 Å². The van der Waals surface area contributed by atoms with Crippen molar-refractivity contribution in [3.05, 3.63) is 42.5 Å². The molecule has 1 heterocycles. The third kappa shape index (κ3) is 7.55. The standard InChI is InChI=1S/C25H36O5S/c1-17(2)30-25(28)10-6-9-20-12-14-22-21(23(27)15-24(22)31-20)13-11-18(26)16-29-19-7-4-3-5-8-19/h3-5,7-8,11,13,17-18,20-24,26-27H,6,9-10,12,14-16H2,1-2H3/t18-,20+,21-,22-,23-,24+/m1/s1. The average Bonchev–Trinajstić information content (AvgIpc) is 3.05. The van der Waals surface area contributed by atoms with Crippen LogP contribution in [0.1, 0.15) is 52.4 Å². The van der Waals surface area contributed by atoms with Gasteiger partial charge in [0, 0.05) is 22.8 Å². The Kier molecular flexibility index (Phi) is 9.30. The summed E-state index contributed by atoms with van der Waals surface area (Å²) in [5, 5.41) is 21.9. The largest absolute Gasteiger partial charge is 0.491 e. The van der Waals surface area contributed by atoms with E-state index in [1.165, 1.54) is 0 Å². The summed E-state index contributed by atoms with van der Waals surface area (Å²) in [6.07, 6.45) is 8.03. The fourth-order valence-corrected chi connectivity index (χ4v) is 6.52. The van der Waals surface area contributed by atoms with Crippen LogP contribution in [-0.4, -0.2) is 51.6 Å². The lowest BCUT2D eigenvalue weighted by Gasteiger charge is -2.33. The highest BCUT2D eigenvalue weighted by atomic mass is 32.2. The van der Waals surface area contributed by atoms with Gasteiger partial charge in [0.25, 0.3) is 0 Å². The van der Waals surface area contributed by atoms with E-state index in [0.717, 1.165) is 37.9 Å². The molecule has 1 aromatic carbocycles. The van der Waals surface area contributed by atoms with Crippen molar-refractivity contribution in [2.75, 3.05) is 6.61 Å². The predicted molar refractivity (Wildman–Crippen MR) is 124 cm³/mol. The molecule has 1 aliphatic carbocycles. The van der Waals surface area contributed by atoms with Crippen LogP contribution in [0.15, 0.2) is 42.5 Å². The number of esters is 1. The second kappa shape index (κ2) is 11.9. The Morgan fingerprint density at radius 1 is 1.26 bits per heavy atom. The van der Waals surface area contributed by atoms with E-state index in [4.69, 9.17) is 9.47 Å². The van der Waals surface area contributed by atoms with Gasteiger partial charge in [-0.2, -0.15) is 11.8 Å². The molecule has 1 saturated heterocycles. The molecule has 6 heteroatoms. The molecule has 5 nitrogen and oxygen atoms in total. The molecule has 0 unspecified atom stereocenters. The second-order valence-electron chi connectivity index (χ2n) is 8.93. The first kappa shape index (κ1) is 24.1. The number of rotatable bonds is 10. The Morgan fingerprint density at radius 2 is 2.03 bits per heavy atom. The molecule has 0 bridgehead atoms. The van der Waals surface area contributed by atoms with Gasteiger partial charge >= 0.3 is 5.97 Å². The molecule has 0 radical (unpaired) electrons. The zero-order valence-electron chi connectivity index (χ0n) is 18.6. The van der Waals surface area contributed by atoms with E-state index >= 15 is 0 Å². The summed E-state index contributed by atoms with van der Waals surface area (Å²) in [6.45, 7) is 3.95. The number of aliphatic hydroxyl groups is 2. The molecule has 0 amide bonds. The molecule has 6 atom stereocenters. The molecule has 1 saturated carbocycles. The van der Waals surface area contributed by atoms with Crippen molar-refractivity contribution >= 4 is 17.7 Å². The summed E-state index contributed by atoms with van der Waals surface area (Å²) in [4.78, 5) is 11.7. The number of para-hydroxylation sites is 1. The number of hydrogen-bond donors (Lipinski definition) is 2. The van der Waals surface area contributed by atoms with Gasteiger partial charge in [-0.1, -0.05) is 30.4 Å². The minimum absolute atomic E-state index is 0.0503. The summed E-state index contributed by atoms with van der Waals surface area (Å²) in [7, 11) is 0. The predicted octanol–water partition coefficient (Wildman–Crippen LogP) is 4.37. The highest BCUT2D eigenvalue weighted by Crippen LogP contribution is 2.49. The van der Waals surface area contributed by atoms with Crippen molar-refractivity contribution < 1.29 is 24.5 Å². The van der Waals surface area contributed by atoms with Crippen molar-refractivity contribution in [1.29, 1.82) is 0 Å². The van der Waals surface area contributed by atoms with Gasteiger partial charge in [-0.3, -0.25) is 4.79 Å². The molecule has 2 aliphatic rings. The maximum Gasteiger partial charge on any atom is 0.306 e. The van der Waals surface area contributed by atoms with Gasteiger partial charge < -0.3 is 19.7 Å². The molecule has 3 rings (SSSR count). The van der Waals surface area contributed by atoms with Crippen LogP contribution in [0.5, 0.6) is 5.75 Å². The van der Waals surface area contributed by atoms with Crippen LogP contribution in [0.25, 0.3) is 0 Å². The molecule has 31 heavy (non-hydrogen) atoms. The fraction of sp³-hybridized carbons (Fsp3) is 0.640. The van der Waals surface area contributed by atoms with Crippen LogP contribution in [0.4, 0.5) is 0 Å². The first-order valence-electron chi connectivity index (χ1n) is 11.5. The van der Waals surface area contributed by atoms with Crippen molar-refractivity contribution in [3.63, 3.8) is 0 Å². The van der Waals surface area contributed by atoms with Gasteiger partial charge in [-0.05, 0) is 64.0 Å². The van der Waals surface area contributed by atoms with Gasteiger partial charge in [0.05, 0.1) is 12.2 Å². The van der Waals surface area contributed by atoms with E-state index in [1.54, 1.807) is 6.08 Å². The van der Waals surface area contributed by atoms with Crippen molar-refractivity contribution in [1.82, 2.24) is 0 Å². The smallest absolute Gasteiger partial charge is 0.306 e. The van der Waals surface area contributed by atoms with Crippen LogP contribution in [0.3, 0.4) is 0 Å². The SMILES string of the molecule is CC(C)OC(=O)CCC[C@H]1CC[C@@H]2[C@@H](C=C[C@@H](O)COc3ccccc3)[C@H](O)C[C@@H]2S1. The maximum absolute atomic E-state index is 11.7. The Bertz CT molecular complexity index is 707. The number of carbonyl (C=O) groups excluding carboxylic acids is 1. The summed E-state index contributed by atoms with van der Waals surface area (Å²) >= 11 is 1.98. The van der Waals surface area contributed by atoms with Crippen molar-refractivity contribution in [2.24, 2.45) is 11.8 Å². The van der Waals surface area contributed by atoms with Gasteiger partial charge in [-0.25, -0.2) is 0 Å². The molecule has 2 N–H and O–H groups in total. The number of hydrogen-bond acceptors (Lipinski definition) is 6. The lowest BCUT2D eigenvalue weighted by molar-refractivity contribution is -0.147. The third-order valence-corrected chi connectivity index (χ3v) is 7.82. The summed E-state index contributed by atoms with van der Waals surface area (Å²) in [5.74, 6) is 1.17. The molecular weight excluding hydrogens is 412 g/mol. The summed E-state index contributed by atoms with van der Waals surface area (Å²) in [5.41, 5.74) is 0. The van der Waals surface area contributed by atoms with E-state index in [9.17, 15) is 15.0 Å². The number of thioether (sulfide) groups is 1.